The molecule has 0 bridgehead atoms. The SMILES string of the molecule is COc1ccc(C(=O)c2ccc(CCNS(=O)(=O)c3ccc(Cl)cc3)c(CCC(=O)O)c2)cc1. The lowest BCUT2D eigenvalue weighted by Crippen LogP contribution is -2.26. The van der Waals surface area contributed by atoms with E-state index >= 15 is 0 Å². The van der Waals surface area contributed by atoms with Crippen LogP contribution in [0.15, 0.2) is 71.6 Å². The fraction of sp³-hybridized carbons (Fsp3) is 0.200. The molecule has 2 N–H and O–H groups in total. The van der Waals surface area contributed by atoms with Gasteiger partial charge in [-0.2, -0.15) is 0 Å². The van der Waals surface area contributed by atoms with Gasteiger partial charge in [0, 0.05) is 29.1 Å². The normalized spacial score (nSPS) is 11.2. The summed E-state index contributed by atoms with van der Waals surface area (Å²) in [4.78, 5) is 24.1. The van der Waals surface area contributed by atoms with E-state index in [1.165, 1.54) is 24.3 Å². The largest absolute Gasteiger partial charge is 0.497 e. The van der Waals surface area contributed by atoms with E-state index in [0.29, 0.717) is 33.9 Å². The highest BCUT2D eigenvalue weighted by atomic mass is 35.5. The van der Waals surface area contributed by atoms with Crippen molar-refractivity contribution in [1.29, 1.82) is 0 Å². The summed E-state index contributed by atoms with van der Waals surface area (Å²) in [6.07, 6.45) is 0.445. The van der Waals surface area contributed by atoms with Crippen LogP contribution < -0.4 is 9.46 Å². The van der Waals surface area contributed by atoms with E-state index < -0.39 is 16.0 Å². The Morgan fingerprint density at radius 3 is 2.18 bits per heavy atom. The van der Waals surface area contributed by atoms with E-state index in [4.69, 9.17) is 21.4 Å². The number of carbonyl (C=O) groups is 2. The molecule has 0 aromatic heterocycles. The van der Waals surface area contributed by atoms with E-state index in [-0.39, 0.29) is 30.1 Å². The van der Waals surface area contributed by atoms with E-state index in [9.17, 15) is 18.0 Å². The molecule has 7 nitrogen and oxygen atoms in total. The first-order valence-electron chi connectivity index (χ1n) is 10.5. The van der Waals surface area contributed by atoms with Crippen molar-refractivity contribution in [2.45, 2.75) is 24.2 Å². The molecule has 3 aromatic rings. The molecule has 0 radical (unpaired) electrons. The predicted octanol–water partition coefficient (Wildman–Crippen LogP) is 4.12. The molecule has 0 aliphatic carbocycles. The summed E-state index contributed by atoms with van der Waals surface area (Å²) >= 11 is 5.82. The lowest BCUT2D eigenvalue weighted by atomic mass is 9.94. The molecule has 178 valence electrons. The Hall–Kier alpha value is -3.20. The van der Waals surface area contributed by atoms with Crippen LogP contribution in [0.3, 0.4) is 0 Å². The van der Waals surface area contributed by atoms with Gasteiger partial charge in [0.25, 0.3) is 0 Å². The van der Waals surface area contributed by atoms with Gasteiger partial charge in [0.2, 0.25) is 10.0 Å². The standard InChI is InChI=1S/C25H24ClNO6S/c1-33-22-9-4-18(5-10-22)25(30)20-3-2-17(19(16-20)6-13-24(28)29)14-15-27-34(31,32)23-11-7-21(26)8-12-23/h2-5,7-12,16,27H,6,13-15H2,1H3,(H,28,29). The minimum atomic E-state index is -3.72. The summed E-state index contributed by atoms with van der Waals surface area (Å²) in [5.41, 5.74) is 2.36. The highest BCUT2D eigenvalue weighted by Gasteiger charge is 2.16. The second kappa shape index (κ2) is 11.3. The van der Waals surface area contributed by atoms with Crippen LogP contribution in [0.2, 0.25) is 5.02 Å². The molecule has 3 aromatic carbocycles. The van der Waals surface area contributed by atoms with Gasteiger partial charge < -0.3 is 9.84 Å². The third-order valence-corrected chi connectivity index (χ3v) is 6.97. The number of ketones is 1. The highest BCUT2D eigenvalue weighted by Crippen LogP contribution is 2.20. The number of rotatable bonds is 11. The average molecular weight is 502 g/mol. The number of methoxy groups -OCH3 is 1. The van der Waals surface area contributed by atoms with Crippen molar-refractivity contribution in [1.82, 2.24) is 4.72 Å². The Morgan fingerprint density at radius 2 is 1.56 bits per heavy atom. The minimum absolute atomic E-state index is 0.100. The number of carbonyl (C=O) groups excluding carboxylic acids is 1. The van der Waals surface area contributed by atoms with Crippen LogP contribution in [0, 0.1) is 0 Å². The first-order chi connectivity index (χ1) is 16.2. The molecule has 0 atom stereocenters. The molecule has 0 aliphatic heterocycles. The van der Waals surface area contributed by atoms with Crippen LogP contribution in [0.5, 0.6) is 5.75 Å². The zero-order valence-corrected chi connectivity index (χ0v) is 20.0. The number of sulfonamides is 1. The molecule has 0 heterocycles. The van der Waals surface area contributed by atoms with Crippen molar-refractivity contribution in [2.24, 2.45) is 0 Å². The Bertz CT molecular complexity index is 1270. The molecule has 3 rings (SSSR count). The lowest BCUT2D eigenvalue weighted by Gasteiger charge is -2.12. The number of ether oxygens (including phenoxy) is 1. The van der Waals surface area contributed by atoms with Crippen molar-refractivity contribution >= 4 is 33.4 Å². The molecular weight excluding hydrogens is 478 g/mol. The molecular formula is C25H24ClNO6S. The number of nitrogens with one attached hydrogen (secondary N) is 1. The molecule has 34 heavy (non-hydrogen) atoms. The van der Waals surface area contributed by atoms with E-state index in [1.54, 1.807) is 49.6 Å². The van der Waals surface area contributed by atoms with Gasteiger partial charge in [-0.1, -0.05) is 23.7 Å². The Labute approximate surface area is 203 Å². The molecule has 0 spiro atoms. The van der Waals surface area contributed by atoms with Gasteiger partial charge in [-0.05, 0) is 78.6 Å². The van der Waals surface area contributed by atoms with E-state index in [1.807, 2.05) is 0 Å². The molecule has 0 saturated carbocycles. The van der Waals surface area contributed by atoms with Crippen molar-refractivity contribution in [3.63, 3.8) is 0 Å². The quantitative estimate of drug-likeness (QED) is 0.382. The second-order valence-electron chi connectivity index (χ2n) is 7.54. The van der Waals surface area contributed by atoms with Crippen LogP contribution in [0.1, 0.15) is 33.5 Å². The van der Waals surface area contributed by atoms with Crippen molar-refractivity contribution < 1.29 is 27.9 Å². The van der Waals surface area contributed by atoms with Gasteiger partial charge in [-0.15, -0.1) is 0 Å². The predicted molar refractivity (Wildman–Crippen MR) is 129 cm³/mol. The third kappa shape index (κ3) is 6.66. The number of carboxylic acid groups (broad SMARTS) is 1. The summed E-state index contributed by atoms with van der Waals surface area (Å²) in [6.45, 7) is 0.108. The van der Waals surface area contributed by atoms with E-state index in [0.717, 1.165) is 5.56 Å². The first kappa shape index (κ1) is 25.4. The molecule has 0 fully saturated rings. The number of aryl methyl sites for hydroxylation is 1. The molecule has 0 aliphatic rings. The number of aliphatic carboxylic acids is 1. The van der Waals surface area contributed by atoms with Crippen LogP contribution in [-0.4, -0.2) is 38.9 Å². The number of carboxylic acids is 1. The summed E-state index contributed by atoms with van der Waals surface area (Å²) in [5.74, 6) is -0.523. The molecule has 0 unspecified atom stereocenters. The maximum Gasteiger partial charge on any atom is 0.303 e. The zero-order valence-electron chi connectivity index (χ0n) is 18.5. The Kier molecular flexibility index (Phi) is 8.44. The fourth-order valence-electron chi connectivity index (χ4n) is 3.41. The van der Waals surface area contributed by atoms with Gasteiger partial charge in [0.05, 0.1) is 12.0 Å². The second-order valence-corrected chi connectivity index (χ2v) is 9.74. The molecule has 9 heteroatoms. The van der Waals surface area contributed by atoms with Crippen molar-refractivity contribution in [2.75, 3.05) is 13.7 Å². The maximum absolute atomic E-state index is 12.9. The Balaban J connectivity index is 1.77. The monoisotopic (exact) mass is 501 g/mol. The smallest absolute Gasteiger partial charge is 0.303 e. The van der Waals surface area contributed by atoms with Crippen LogP contribution in [-0.2, 0) is 27.7 Å². The number of benzene rings is 3. The minimum Gasteiger partial charge on any atom is -0.497 e. The summed E-state index contributed by atoms with van der Waals surface area (Å²) < 4.78 is 32.6. The molecule has 0 saturated heterocycles. The third-order valence-electron chi connectivity index (χ3n) is 5.24. The van der Waals surface area contributed by atoms with Gasteiger partial charge in [-0.25, -0.2) is 13.1 Å². The Morgan fingerprint density at radius 1 is 0.912 bits per heavy atom. The van der Waals surface area contributed by atoms with Gasteiger partial charge in [-0.3, -0.25) is 9.59 Å². The molecule has 0 amide bonds. The number of hydrogen-bond acceptors (Lipinski definition) is 5. The first-order valence-corrected chi connectivity index (χ1v) is 12.3. The van der Waals surface area contributed by atoms with Gasteiger partial charge >= 0.3 is 5.97 Å². The van der Waals surface area contributed by atoms with Crippen LogP contribution in [0.4, 0.5) is 0 Å². The maximum atomic E-state index is 12.9. The van der Waals surface area contributed by atoms with Crippen LogP contribution >= 0.6 is 11.6 Å². The number of halogens is 1. The fourth-order valence-corrected chi connectivity index (χ4v) is 4.57. The summed E-state index contributed by atoms with van der Waals surface area (Å²) in [6, 6.07) is 17.6. The van der Waals surface area contributed by atoms with Crippen molar-refractivity contribution in [3.05, 3.63) is 94.0 Å². The average Bonchev–Trinajstić information content (AvgIpc) is 2.83. The van der Waals surface area contributed by atoms with Crippen molar-refractivity contribution in [3.8, 4) is 5.75 Å². The highest BCUT2D eigenvalue weighted by molar-refractivity contribution is 7.89. The summed E-state index contributed by atoms with van der Waals surface area (Å²) in [5, 5.41) is 9.56. The van der Waals surface area contributed by atoms with Gasteiger partial charge in [0.15, 0.2) is 5.78 Å². The van der Waals surface area contributed by atoms with Crippen LogP contribution in [0.25, 0.3) is 0 Å². The topological polar surface area (TPSA) is 110 Å². The van der Waals surface area contributed by atoms with E-state index in [2.05, 4.69) is 4.72 Å². The zero-order chi connectivity index (χ0) is 24.7. The lowest BCUT2D eigenvalue weighted by molar-refractivity contribution is -0.136. The summed E-state index contributed by atoms with van der Waals surface area (Å²) in [7, 11) is -2.17. The van der Waals surface area contributed by atoms with Gasteiger partial charge in [0.1, 0.15) is 5.75 Å². The number of hydrogen-bond donors (Lipinski definition) is 2.